The quantitative estimate of drug-likeness (QED) is 0.416. The zero-order valence-electron chi connectivity index (χ0n) is 15.4. The Morgan fingerprint density at radius 2 is 2.00 bits per heavy atom. The highest BCUT2D eigenvalue weighted by molar-refractivity contribution is 5.72. The third-order valence-corrected chi connectivity index (χ3v) is 5.64. The number of aliphatic hydroxyl groups is 3. The third kappa shape index (κ3) is 3.60. The van der Waals surface area contributed by atoms with E-state index in [2.05, 4.69) is 25.6 Å². The molecule has 150 valence electrons. The first kappa shape index (κ1) is 18.9. The van der Waals surface area contributed by atoms with Crippen LogP contribution in [0.25, 0.3) is 11.3 Å². The number of anilines is 2. The molecule has 2 heterocycles. The summed E-state index contributed by atoms with van der Waals surface area (Å²) in [6.45, 7) is -0.221. The van der Waals surface area contributed by atoms with Crippen molar-refractivity contribution in [3.63, 3.8) is 0 Å². The van der Waals surface area contributed by atoms with Crippen LogP contribution in [0.15, 0.2) is 29.2 Å². The highest BCUT2D eigenvalue weighted by Crippen LogP contribution is 2.31. The van der Waals surface area contributed by atoms with Gasteiger partial charge in [0.1, 0.15) is 17.5 Å². The SMILES string of the molecule is O=c1[nH]c(NC2CCC2)nc(N[C@@H]2C[C@H](CO)[C@@H](O)[C@H]2O)c1-c1ccccn1. The van der Waals surface area contributed by atoms with Crippen molar-refractivity contribution in [2.24, 2.45) is 5.92 Å². The number of hydrogen-bond acceptors (Lipinski definition) is 8. The van der Waals surface area contributed by atoms with Crippen LogP contribution in [0.4, 0.5) is 11.8 Å². The molecule has 0 radical (unpaired) electrons. The molecular formula is C19H25N5O4. The van der Waals surface area contributed by atoms with Crippen LogP contribution in [0.2, 0.25) is 0 Å². The molecule has 2 aromatic rings. The average Bonchev–Trinajstić information content (AvgIpc) is 2.93. The smallest absolute Gasteiger partial charge is 0.263 e. The van der Waals surface area contributed by atoms with E-state index in [1.54, 1.807) is 24.4 Å². The molecule has 0 spiro atoms. The first-order valence-electron chi connectivity index (χ1n) is 9.62. The molecule has 4 atom stereocenters. The first-order valence-corrected chi connectivity index (χ1v) is 9.62. The number of hydrogen-bond donors (Lipinski definition) is 6. The highest BCUT2D eigenvalue weighted by atomic mass is 16.3. The van der Waals surface area contributed by atoms with E-state index in [9.17, 15) is 20.1 Å². The van der Waals surface area contributed by atoms with Crippen molar-refractivity contribution in [1.29, 1.82) is 0 Å². The van der Waals surface area contributed by atoms with Gasteiger partial charge in [-0.05, 0) is 37.8 Å². The summed E-state index contributed by atoms with van der Waals surface area (Å²) < 4.78 is 0. The molecule has 0 amide bonds. The van der Waals surface area contributed by atoms with Crippen LogP contribution < -0.4 is 16.2 Å². The molecule has 2 aliphatic rings. The van der Waals surface area contributed by atoms with E-state index in [0.29, 0.717) is 23.9 Å². The van der Waals surface area contributed by atoms with Gasteiger partial charge < -0.3 is 26.0 Å². The number of H-pyrrole nitrogens is 1. The minimum Gasteiger partial charge on any atom is -0.396 e. The second kappa shape index (κ2) is 7.86. The van der Waals surface area contributed by atoms with Gasteiger partial charge >= 0.3 is 0 Å². The molecule has 9 heteroatoms. The van der Waals surface area contributed by atoms with E-state index in [-0.39, 0.29) is 23.8 Å². The Bertz CT molecular complexity index is 870. The van der Waals surface area contributed by atoms with Crippen molar-refractivity contribution in [3.05, 3.63) is 34.7 Å². The maximum atomic E-state index is 12.8. The van der Waals surface area contributed by atoms with E-state index in [0.717, 1.165) is 19.3 Å². The fourth-order valence-electron chi connectivity index (χ4n) is 3.76. The van der Waals surface area contributed by atoms with Crippen molar-refractivity contribution in [2.45, 2.75) is 50.0 Å². The molecule has 0 saturated heterocycles. The summed E-state index contributed by atoms with van der Waals surface area (Å²) in [6, 6.07) is 5.00. The Kier molecular flexibility index (Phi) is 5.29. The second-order valence-electron chi connectivity index (χ2n) is 7.54. The maximum Gasteiger partial charge on any atom is 0.263 e. The summed E-state index contributed by atoms with van der Waals surface area (Å²) in [6.07, 6.45) is 3.05. The van der Waals surface area contributed by atoms with Crippen LogP contribution in [-0.2, 0) is 0 Å². The normalized spacial score (nSPS) is 27.4. The lowest BCUT2D eigenvalue weighted by Gasteiger charge is -2.27. The lowest BCUT2D eigenvalue weighted by atomic mass is 9.93. The van der Waals surface area contributed by atoms with Gasteiger partial charge in [-0.1, -0.05) is 6.07 Å². The van der Waals surface area contributed by atoms with Gasteiger partial charge in [0.2, 0.25) is 5.95 Å². The highest BCUT2D eigenvalue weighted by Gasteiger charge is 2.41. The number of nitrogens with zero attached hydrogens (tertiary/aromatic N) is 2. The standard InChI is InChI=1S/C19H25N5O4/c25-9-10-8-13(16(27)15(10)26)22-17-14(12-6-1-2-7-20-12)18(28)24-19(23-17)21-11-4-3-5-11/h1-2,6-7,10-11,13,15-16,25-27H,3-5,8-9H2,(H3,21,22,23,24,28)/t10-,13-,15-,16+/m1/s1. The van der Waals surface area contributed by atoms with Crippen LogP contribution in [0.3, 0.4) is 0 Å². The molecule has 2 aliphatic carbocycles. The maximum absolute atomic E-state index is 12.8. The van der Waals surface area contributed by atoms with E-state index >= 15 is 0 Å². The molecular weight excluding hydrogens is 362 g/mol. The lowest BCUT2D eigenvalue weighted by molar-refractivity contribution is 0.00446. The number of aromatic nitrogens is 3. The lowest BCUT2D eigenvalue weighted by Crippen LogP contribution is -2.36. The van der Waals surface area contributed by atoms with Gasteiger partial charge in [0.15, 0.2) is 0 Å². The summed E-state index contributed by atoms with van der Waals surface area (Å²) in [7, 11) is 0. The fraction of sp³-hybridized carbons (Fsp3) is 0.526. The van der Waals surface area contributed by atoms with Crippen molar-refractivity contribution in [2.75, 3.05) is 17.2 Å². The number of rotatable bonds is 6. The summed E-state index contributed by atoms with van der Waals surface area (Å²) in [5, 5.41) is 36.2. The van der Waals surface area contributed by atoms with Crippen LogP contribution in [-0.4, -0.2) is 61.2 Å². The van der Waals surface area contributed by atoms with Crippen LogP contribution in [0.1, 0.15) is 25.7 Å². The van der Waals surface area contributed by atoms with Crippen molar-refractivity contribution in [1.82, 2.24) is 15.0 Å². The molecule has 0 unspecified atom stereocenters. The zero-order chi connectivity index (χ0) is 19.7. The Hall–Kier alpha value is -2.49. The first-order chi connectivity index (χ1) is 13.6. The Labute approximate surface area is 161 Å². The fourth-order valence-corrected chi connectivity index (χ4v) is 3.76. The van der Waals surface area contributed by atoms with Gasteiger partial charge in [-0.25, -0.2) is 0 Å². The largest absolute Gasteiger partial charge is 0.396 e. The summed E-state index contributed by atoms with van der Waals surface area (Å²) in [5.41, 5.74) is 0.388. The van der Waals surface area contributed by atoms with Gasteiger partial charge in [-0.15, -0.1) is 0 Å². The zero-order valence-corrected chi connectivity index (χ0v) is 15.4. The second-order valence-corrected chi connectivity index (χ2v) is 7.54. The third-order valence-electron chi connectivity index (χ3n) is 5.64. The van der Waals surface area contributed by atoms with Gasteiger partial charge in [-0.2, -0.15) is 4.98 Å². The summed E-state index contributed by atoms with van der Waals surface area (Å²) in [5.74, 6) is 0.225. The number of nitrogens with one attached hydrogen (secondary N) is 3. The molecule has 0 aliphatic heterocycles. The van der Waals surface area contributed by atoms with E-state index in [1.807, 2.05) is 0 Å². The number of pyridine rings is 1. The molecule has 4 rings (SSSR count). The number of aliphatic hydroxyl groups excluding tert-OH is 3. The molecule has 6 N–H and O–H groups in total. The Balaban J connectivity index is 1.69. The van der Waals surface area contributed by atoms with Gasteiger partial charge in [-0.3, -0.25) is 14.8 Å². The minimum absolute atomic E-state index is 0.221. The number of aromatic amines is 1. The van der Waals surface area contributed by atoms with Crippen molar-refractivity contribution >= 4 is 11.8 Å². The molecule has 2 fully saturated rings. The molecule has 2 aromatic heterocycles. The monoisotopic (exact) mass is 387 g/mol. The molecule has 2 saturated carbocycles. The molecule has 0 aromatic carbocycles. The molecule has 0 bridgehead atoms. The van der Waals surface area contributed by atoms with Crippen molar-refractivity contribution < 1.29 is 15.3 Å². The van der Waals surface area contributed by atoms with Crippen molar-refractivity contribution in [3.8, 4) is 11.3 Å². The minimum atomic E-state index is -1.07. The Morgan fingerprint density at radius 3 is 2.61 bits per heavy atom. The van der Waals surface area contributed by atoms with Crippen LogP contribution in [0.5, 0.6) is 0 Å². The molecule has 9 nitrogen and oxygen atoms in total. The topological polar surface area (TPSA) is 143 Å². The Morgan fingerprint density at radius 1 is 1.18 bits per heavy atom. The molecule has 28 heavy (non-hydrogen) atoms. The van der Waals surface area contributed by atoms with Crippen LogP contribution >= 0.6 is 0 Å². The van der Waals surface area contributed by atoms with E-state index in [4.69, 9.17) is 0 Å². The van der Waals surface area contributed by atoms with Gasteiger partial charge in [0, 0.05) is 24.8 Å². The summed E-state index contributed by atoms with van der Waals surface area (Å²) in [4.78, 5) is 24.4. The predicted molar refractivity (Wildman–Crippen MR) is 104 cm³/mol. The van der Waals surface area contributed by atoms with Gasteiger partial charge in [0.05, 0.1) is 17.8 Å². The summed E-state index contributed by atoms with van der Waals surface area (Å²) >= 11 is 0. The van der Waals surface area contributed by atoms with Gasteiger partial charge in [0.25, 0.3) is 5.56 Å². The van der Waals surface area contributed by atoms with Crippen LogP contribution in [0, 0.1) is 5.92 Å². The predicted octanol–water partition coefficient (Wildman–Crippen LogP) is 0.311. The van der Waals surface area contributed by atoms with E-state index in [1.165, 1.54) is 0 Å². The van der Waals surface area contributed by atoms with E-state index < -0.39 is 24.2 Å². The average molecular weight is 387 g/mol.